The molecule has 2 unspecified atom stereocenters. The van der Waals surface area contributed by atoms with Gasteiger partial charge in [-0.3, -0.25) is 0 Å². The monoisotopic (exact) mass is 291 g/mol. The van der Waals surface area contributed by atoms with Crippen LogP contribution in [-0.4, -0.2) is 35.4 Å². The van der Waals surface area contributed by atoms with Crippen LogP contribution in [0.1, 0.15) is 38.6 Å². The second kappa shape index (κ2) is 5.73. The van der Waals surface area contributed by atoms with Crippen LogP contribution in [0, 0.1) is 5.82 Å². The van der Waals surface area contributed by atoms with Crippen molar-refractivity contribution in [3.63, 3.8) is 0 Å². The number of halogens is 1. The molecule has 1 saturated heterocycles. The Morgan fingerprint density at radius 2 is 2.24 bits per heavy atom. The fraction of sp³-hybridized carbons (Fsp3) is 0.562. The van der Waals surface area contributed by atoms with Crippen LogP contribution < -0.4 is 5.32 Å². The summed E-state index contributed by atoms with van der Waals surface area (Å²) in [6, 6.07) is 5.30. The quantitative estimate of drug-likeness (QED) is 0.941. The van der Waals surface area contributed by atoms with E-state index in [9.17, 15) is 4.39 Å². The van der Waals surface area contributed by atoms with Crippen molar-refractivity contribution in [1.82, 2.24) is 14.9 Å². The molecule has 2 atom stereocenters. The highest BCUT2D eigenvalue weighted by molar-refractivity contribution is 5.76. The Kier molecular flexibility index (Phi) is 3.95. The van der Waals surface area contributed by atoms with Gasteiger partial charge in [0.05, 0.1) is 30.2 Å². The van der Waals surface area contributed by atoms with Crippen LogP contribution in [0.15, 0.2) is 18.2 Å². The summed E-state index contributed by atoms with van der Waals surface area (Å²) in [5.41, 5.74) is 1.71. The smallest absolute Gasteiger partial charge is 0.125 e. The zero-order valence-electron chi connectivity index (χ0n) is 12.8. The van der Waals surface area contributed by atoms with Crippen molar-refractivity contribution in [3.05, 3.63) is 29.8 Å². The van der Waals surface area contributed by atoms with Crippen molar-refractivity contribution in [3.8, 4) is 0 Å². The summed E-state index contributed by atoms with van der Waals surface area (Å²) >= 11 is 0. The largest absolute Gasteiger partial charge is 0.379 e. The highest BCUT2D eigenvalue weighted by Gasteiger charge is 2.33. The molecular weight excluding hydrogens is 269 g/mol. The normalized spacial score (nSPS) is 22.5. The third-order valence-corrected chi connectivity index (χ3v) is 4.07. The van der Waals surface area contributed by atoms with Crippen LogP contribution in [0.3, 0.4) is 0 Å². The van der Waals surface area contributed by atoms with Crippen LogP contribution in [0.5, 0.6) is 0 Å². The number of ether oxygens (including phenoxy) is 1. The summed E-state index contributed by atoms with van der Waals surface area (Å²) in [4.78, 5) is 4.77. The van der Waals surface area contributed by atoms with Crippen molar-refractivity contribution >= 4 is 11.0 Å². The number of hydrogen-bond acceptors (Lipinski definition) is 3. The van der Waals surface area contributed by atoms with Gasteiger partial charge >= 0.3 is 0 Å². The number of likely N-dealkylation sites (N-methyl/N-ethyl adjacent to an activating group) is 1. The summed E-state index contributed by atoms with van der Waals surface area (Å²) in [6.45, 7) is 8.57. The van der Waals surface area contributed by atoms with E-state index in [0.29, 0.717) is 13.2 Å². The molecule has 0 amide bonds. The highest BCUT2D eigenvalue weighted by atomic mass is 19.1. The van der Waals surface area contributed by atoms with E-state index in [1.807, 2.05) is 0 Å². The van der Waals surface area contributed by atoms with Crippen molar-refractivity contribution in [2.45, 2.75) is 38.8 Å². The van der Waals surface area contributed by atoms with Crippen LogP contribution in [0.2, 0.25) is 0 Å². The molecule has 2 aromatic rings. The molecule has 21 heavy (non-hydrogen) atoms. The van der Waals surface area contributed by atoms with E-state index >= 15 is 0 Å². The number of rotatable bonds is 4. The van der Waals surface area contributed by atoms with Crippen LogP contribution >= 0.6 is 0 Å². The maximum atomic E-state index is 13.6. The van der Waals surface area contributed by atoms with Gasteiger partial charge in [0.1, 0.15) is 11.6 Å². The van der Waals surface area contributed by atoms with Gasteiger partial charge in [-0.15, -0.1) is 0 Å². The Balaban J connectivity index is 2.11. The number of nitrogens with zero attached hydrogens (tertiary/aromatic N) is 2. The first-order chi connectivity index (χ1) is 10.1. The van der Waals surface area contributed by atoms with Gasteiger partial charge in [0.15, 0.2) is 0 Å². The fourth-order valence-corrected chi connectivity index (χ4v) is 3.16. The first kappa shape index (κ1) is 14.5. The topological polar surface area (TPSA) is 39.1 Å². The predicted molar refractivity (Wildman–Crippen MR) is 81.1 cm³/mol. The molecule has 4 nitrogen and oxygen atoms in total. The van der Waals surface area contributed by atoms with Gasteiger partial charge in [-0.05, 0) is 38.6 Å². The molecule has 0 aliphatic carbocycles. The lowest BCUT2D eigenvalue weighted by molar-refractivity contribution is 0.187. The Morgan fingerprint density at radius 1 is 1.43 bits per heavy atom. The molecule has 3 rings (SSSR count). The lowest BCUT2D eigenvalue weighted by Gasteiger charge is -2.21. The van der Waals surface area contributed by atoms with E-state index in [1.165, 1.54) is 6.07 Å². The average Bonchev–Trinajstić information content (AvgIpc) is 3.02. The SMILES string of the molecule is CCNC1COCC1c1nc2ccc(F)cc2n1C(C)C. The Labute approximate surface area is 124 Å². The minimum Gasteiger partial charge on any atom is -0.379 e. The molecule has 2 heterocycles. The van der Waals surface area contributed by atoms with Crippen LogP contribution in [-0.2, 0) is 4.74 Å². The zero-order valence-corrected chi connectivity index (χ0v) is 12.8. The Morgan fingerprint density at radius 3 is 2.95 bits per heavy atom. The van der Waals surface area contributed by atoms with E-state index in [0.717, 1.165) is 23.4 Å². The van der Waals surface area contributed by atoms with Gasteiger partial charge in [-0.25, -0.2) is 9.37 Å². The third-order valence-electron chi connectivity index (χ3n) is 4.07. The lowest BCUT2D eigenvalue weighted by atomic mass is 10.0. The van der Waals surface area contributed by atoms with Gasteiger partial charge in [0.2, 0.25) is 0 Å². The number of benzene rings is 1. The summed E-state index contributed by atoms with van der Waals surface area (Å²) < 4.78 is 21.4. The number of imidazole rings is 1. The van der Waals surface area contributed by atoms with Gasteiger partial charge in [-0.1, -0.05) is 6.92 Å². The van der Waals surface area contributed by atoms with Gasteiger partial charge in [0, 0.05) is 12.1 Å². The van der Waals surface area contributed by atoms with Crippen LogP contribution in [0.4, 0.5) is 4.39 Å². The first-order valence-corrected chi connectivity index (χ1v) is 7.60. The van der Waals surface area contributed by atoms with Crippen LogP contribution in [0.25, 0.3) is 11.0 Å². The molecule has 1 aromatic heterocycles. The molecule has 1 aliphatic heterocycles. The number of fused-ring (bicyclic) bond motifs is 1. The standard InChI is InChI=1S/C16H22FN3O/c1-4-18-14-9-21-8-12(14)16-19-13-6-5-11(17)7-15(13)20(16)10(2)3/h5-7,10,12,14,18H,4,8-9H2,1-3H3. The molecule has 1 aliphatic rings. The first-order valence-electron chi connectivity index (χ1n) is 7.60. The fourth-order valence-electron chi connectivity index (χ4n) is 3.16. The summed E-state index contributed by atoms with van der Waals surface area (Å²) in [5, 5.41) is 3.46. The van der Waals surface area contributed by atoms with Gasteiger partial charge < -0.3 is 14.6 Å². The van der Waals surface area contributed by atoms with E-state index in [2.05, 4.69) is 30.7 Å². The number of aromatic nitrogens is 2. The van der Waals surface area contributed by atoms with Crippen molar-refractivity contribution in [2.75, 3.05) is 19.8 Å². The Bertz CT molecular complexity index is 638. The van der Waals surface area contributed by atoms with E-state index in [1.54, 1.807) is 12.1 Å². The molecular formula is C16H22FN3O. The maximum absolute atomic E-state index is 13.6. The van der Waals surface area contributed by atoms with E-state index in [4.69, 9.17) is 9.72 Å². The number of nitrogens with one attached hydrogen (secondary N) is 1. The average molecular weight is 291 g/mol. The summed E-state index contributed by atoms with van der Waals surface area (Å²) in [5.74, 6) is 0.985. The van der Waals surface area contributed by atoms with Crippen molar-refractivity contribution in [1.29, 1.82) is 0 Å². The Hall–Kier alpha value is -1.46. The number of hydrogen-bond donors (Lipinski definition) is 1. The maximum Gasteiger partial charge on any atom is 0.125 e. The minimum absolute atomic E-state index is 0.211. The molecule has 5 heteroatoms. The van der Waals surface area contributed by atoms with E-state index in [-0.39, 0.29) is 23.8 Å². The van der Waals surface area contributed by atoms with Gasteiger partial charge in [0.25, 0.3) is 0 Å². The van der Waals surface area contributed by atoms with Crippen molar-refractivity contribution in [2.24, 2.45) is 0 Å². The molecule has 1 N–H and O–H groups in total. The third kappa shape index (κ3) is 2.56. The molecule has 114 valence electrons. The second-order valence-electron chi connectivity index (χ2n) is 5.87. The van der Waals surface area contributed by atoms with E-state index < -0.39 is 0 Å². The minimum atomic E-state index is -0.221. The highest BCUT2D eigenvalue weighted by Crippen LogP contribution is 2.31. The molecule has 1 aromatic carbocycles. The van der Waals surface area contributed by atoms with Crippen molar-refractivity contribution < 1.29 is 9.13 Å². The molecule has 0 bridgehead atoms. The molecule has 0 saturated carbocycles. The predicted octanol–water partition coefficient (Wildman–Crippen LogP) is 2.85. The summed E-state index contributed by atoms with van der Waals surface area (Å²) in [7, 11) is 0. The molecule has 0 radical (unpaired) electrons. The molecule has 0 spiro atoms. The summed E-state index contributed by atoms with van der Waals surface area (Å²) in [6.07, 6.45) is 0. The second-order valence-corrected chi connectivity index (χ2v) is 5.87. The van der Waals surface area contributed by atoms with Gasteiger partial charge in [-0.2, -0.15) is 0 Å². The zero-order chi connectivity index (χ0) is 15.0. The lowest BCUT2D eigenvalue weighted by Crippen LogP contribution is -2.35. The molecule has 1 fully saturated rings.